The van der Waals surface area contributed by atoms with Crippen LogP contribution in [-0.2, 0) is 14.4 Å². The van der Waals surface area contributed by atoms with E-state index in [4.69, 9.17) is 10.2 Å². The van der Waals surface area contributed by atoms with E-state index in [1.54, 1.807) is 0 Å². The summed E-state index contributed by atoms with van der Waals surface area (Å²) in [6.45, 7) is 1.33. The molecule has 3 N–H and O–H groups in total. The molecule has 1 fully saturated rings. The molecule has 3 unspecified atom stereocenters. The zero-order valence-corrected chi connectivity index (χ0v) is 8.27. The van der Waals surface area contributed by atoms with Crippen LogP contribution in [-0.4, -0.2) is 34.1 Å². The Labute approximate surface area is 86.3 Å². The van der Waals surface area contributed by atoms with Crippen LogP contribution in [0.15, 0.2) is 0 Å². The number of hydrogen-bond donors (Lipinski definition) is 3. The van der Waals surface area contributed by atoms with Crippen LogP contribution < -0.4 is 5.32 Å². The van der Waals surface area contributed by atoms with Gasteiger partial charge in [-0.2, -0.15) is 0 Å². The molecule has 6 heteroatoms. The highest BCUT2D eigenvalue weighted by Gasteiger charge is 2.46. The van der Waals surface area contributed by atoms with E-state index in [0.29, 0.717) is 6.42 Å². The average Bonchev–Trinajstić information content (AvgIpc) is 2.06. The maximum Gasteiger partial charge on any atom is 0.306 e. The molecule has 1 aliphatic carbocycles. The summed E-state index contributed by atoms with van der Waals surface area (Å²) in [4.78, 5) is 31.9. The van der Waals surface area contributed by atoms with E-state index in [9.17, 15) is 14.4 Å². The van der Waals surface area contributed by atoms with Gasteiger partial charge in [0.15, 0.2) is 0 Å². The number of rotatable bonds is 4. The van der Waals surface area contributed by atoms with Gasteiger partial charge in [-0.15, -0.1) is 0 Å². The molecule has 0 aliphatic heterocycles. The van der Waals surface area contributed by atoms with Gasteiger partial charge in [0.1, 0.15) is 0 Å². The summed E-state index contributed by atoms with van der Waals surface area (Å²) in [6.07, 6.45) is 0.0920. The zero-order chi connectivity index (χ0) is 11.6. The highest BCUT2D eigenvalue weighted by Crippen LogP contribution is 2.37. The number of hydrogen-bond acceptors (Lipinski definition) is 3. The Balaban J connectivity index is 2.58. The Bertz CT molecular complexity index is 301. The van der Waals surface area contributed by atoms with Gasteiger partial charge in [-0.1, -0.05) is 0 Å². The maximum absolute atomic E-state index is 10.7. The number of carbonyl (C=O) groups is 3. The van der Waals surface area contributed by atoms with Gasteiger partial charge in [0, 0.05) is 18.9 Å². The lowest BCUT2D eigenvalue weighted by Gasteiger charge is -2.41. The molecule has 84 valence electrons. The molecule has 1 rings (SSSR count). The van der Waals surface area contributed by atoms with Crippen molar-refractivity contribution in [1.29, 1.82) is 0 Å². The molecule has 0 aromatic rings. The van der Waals surface area contributed by atoms with E-state index in [2.05, 4.69) is 5.32 Å². The molecule has 15 heavy (non-hydrogen) atoms. The first kappa shape index (κ1) is 11.5. The molecule has 3 atom stereocenters. The summed E-state index contributed by atoms with van der Waals surface area (Å²) in [6, 6.07) is -0.320. The fraction of sp³-hybridized carbons (Fsp3) is 0.667. The van der Waals surface area contributed by atoms with Crippen LogP contribution in [0, 0.1) is 11.8 Å². The minimum atomic E-state index is -1.04. The second kappa shape index (κ2) is 4.29. The third-order valence-electron chi connectivity index (χ3n) is 2.66. The SMILES string of the molecule is CC(=O)NC1CC(C(=O)O)C1CC(=O)O. The second-order valence-electron chi connectivity index (χ2n) is 3.75. The zero-order valence-electron chi connectivity index (χ0n) is 8.27. The van der Waals surface area contributed by atoms with Crippen molar-refractivity contribution >= 4 is 17.8 Å². The molecule has 1 saturated carbocycles. The Morgan fingerprint density at radius 2 is 1.93 bits per heavy atom. The Morgan fingerprint density at radius 3 is 2.33 bits per heavy atom. The summed E-state index contributed by atoms with van der Waals surface area (Å²) in [5.41, 5.74) is 0. The van der Waals surface area contributed by atoms with Crippen LogP contribution in [0.4, 0.5) is 0 Å². The second-order valence-corrected chi connectivity index (χ2v) is 3.75. The van der Waals surface area contributed by atoms with E-state index in [-0.39, 0.29) is 18.4 Å². The van der Waals surface area contributed by atoms with Gasteiger partial charge in [-0.3, -0.25) is 14.4 Å². The van der Waals surface area contributed by atoms with E-state index in [1.807, 2.05) is 0 Å². The monoisotopic (exact) mass is 215 g/mol. The van der Waals surface area contributed by atoms with Gasteiger partial charge in [-0.25, -0.2) is 0 Å². The number of carboxylic acid groups (broad SMARTS) is 2. The minimum Gasteiger partial charge on any atom is -0.481 e. The molecule has 0 saturated heterocycles. The third kappa shape index (κ3) is 2.68. The van der Waals surface area contributed by atoms with Crippen molar-refractivity contribution in [1.82, 2.24) is 5.32 Å². The van der Waals surface area contributed by atoms with Crippen molar-refractivity contribution in [3.05, 3.63) is 0 Å². The van der Waals surface area contributed by atoms with Crippen molar-refractivity contribution in [2.45, 2.75) is 25.8 Å². The smallest absolute Gasteiger partial charge is 0.306 e. The third-order valence-corrected chi connectivity index (χ3v) is 2.66. The van der Waals surface area contributed by atoms with Crippen molar-refractivity contribution in [3.8, 4) is 0 Å². The van der Waals surface area contributed by atoms with E-state index >= 15 is 0 Å². The lowest BCUT2D eigenvalue weighted by molar-refractivity contribution is -0.153. The highest BCUT2D eigenvalue weighted by molar-refractivity contribution is 5.77. The molecular formula is C9H13NO5. The molecule has 0 spiro atoms. The van der Waals surface area contributed by atoms with Crippen molar-refractivity contribution in [2.24, 2.45) is 11.8 Å². The summed E-state index contributed by atoms with van der Waals surface area (Å²) in [5.74, 6) is -3.45. The molecule has 0 heterocycles. The Kier molecular flexibility index (Phi) is 3.28. The van der Waals surface area contributed by atoms with Crippen molar-refractivity contribution < 1.29 is 24.6 Å². The largest absolute Gasteiger partial charge is 0.481 e. The Hall–Kier alpha value is -1.59. The van der Waals surface area contributed by atoms with Gasteiger partial charge in [0.2, 0.25) is 5.91 Å². The van der Waals surface area contributed by atoms with Crippen LogP contribution in [0.1, 0.15) is 19.8 Å². The van der Waals surface area contributed by atoms with E-state index < -0.39 is 23.8 Å². The molecule has 0 bridgehead atoms. The molecule has 1 aliphatic rings. The molecule has 0 aromatic carbocycles. The lowest BCUT2D eigenvalue weighted by atomic mass is 9.67. The van der Waals surface area contributed by atoms with Crippen LogP contribution in [0.5, 0.6) is 0 Å². The fourth-order valence-electron chi connectivity index (χ4n) is 1.90. The van der Waals surface area contributed by atoms with Crippen LogP contribution in [0.25, 0.3) is 0 Å². The predicted octanol–water partition coefficient (Wildman–Crippen LogP) is -0.313. The van der Waals surface area contributed by atoms with E-state index in [0.717, 1.165) is 0 Å². The first-order chi connectivity index (χ1) is 6.91. The standard InChI is InChI=1S/C9H13NO5/c1-4(11)10-7-2-6(9(14)15)5(7)3-8(12)13/h5-7H,2-3H2,1H3,(H,10,11)(H,12,13)(H,14,15). The number of carbonyl (C=O) groups excluding carboxylic acids is 1. The average molecular weight is 215 g/mol. The van der Waals surface area contributed by atoms with Crippen molar-refractivity contribution in [2.75, 3.05) is 0 Å². The van der Waals surface area contributed by atoms with Gasteiger partial charge in [0.25, 0.3) is 0 Å². The molecule has 0 aromatic heterocycles. The van der Waals surface area contributed by atoms with Crippen LogP contribution in [0.3, 0.4) is 0 Å². The number of amides is 1. The lowest BCUT2D eigenvalue weighted by Crippen LogP contribution is -2.55. The molecular weight excluding hydrogens is 202 g/mol. The predicted molar refractivity (Wildman–Crippen MR) is 49.1 cm³/mol. The fourth-order valence-corrected chi connectivity index (χ4v) is 1.90. The van der Waals surface area contributed by atoms with Gasteiger partial charge >= 0.3 is 11.9 Å². The summed E-state index contributed by atoms with van der Waals surface area (Å²) in [5, 5.41) is 19.9. The van der Waals surface area contributed by atoms with Crippen LogP contribution in [0.2, 0.25) is 0 Å². The van der Waals surface area contributed by atoms with Gasteiger partial charge < -0.3 is 15.5 Å². The van der Waals surface area contributed by atoms with Gasteiger partial charge in [-0.05, 0) is 6.42 Å². The minimum absolute atomic E-state index is 0.220. The quantitative estimate of drug-likeness (QED) is 0.596. The highest BCUT2D eigenvalue weighted by atomic mass is 16.4. The first-order valence-corrected chi connectivity index (χ1v) is 4.63. The molecule has 6 nitrogen and oxygen atoms in total. The number of nitrogens with one attached hydrogen (secondary N) is 1. The molecule has 0 radical (unpaired) electrons. The van der Waals surface area contributed by atoms with Crippen LogP contribution >= 0.6 is 0 Å². The normalized spacial score (nSPS) is 29.0. The van der Waals surface area contributed by atoms with E-state index in [1.165, 1.54) is 6.92 Å². The first-order valence-electron chi connectivity index (χ1n) is 4.63. The summed E-state index contributed by atoms with van der Waals surface area (Å²) >= 11 is 0. The van der Waals surface area contributed by atoms with Gasteiger partial charge in [0.05, 0.1) is 12.3 Å². The van der Waals surface area contributed by atoms with Crippen molar-refractivity contribution in [3.63, 3.8) is 0 Å². The number of aliphatic carboxylic acids is 2. The topological polar surface area (TPSA) is 104 Å². The molecule has 1 amide bonds. The summed E-state index contributed by atoms with van der Waals surface area (Å²) in [7, 11) is 0. The maximum atomic E-state index is 10.7. The summed E-state index contributed by atoms with van der Waals surface area (Å²) < 4.78 is 0. The number of carboxylic acids is 2. The Morgan fingerprint density at radius 1 is 1.33 bits per heavy atom.